The van der Waals surface area contributed by atoms with Crippen molar-refractivity contribution in [3.8, 4) is 11.5 Å². The van der Waals surface area contributed by atoms with E-state index in [1.165, 1.54) is 36.3 Å². The minimum atomic E-state index is -0.625. The predicted molar refractivity (Wildman–Crippen MR) is 168 cm³/mol. The van der Waals surface area contributed by atoms with Crippen molar-refractivity contribution in [1.82, 2.24) is 9.88 Å². The largest absolute Gasteiger partial charge is 0.493 e. The molecule has 7 nitrogen and oxygen atoms in total. The molecule has 0 spiro atoms. The molecule has 3 aromatic rings. The van der Waals surface area contributed by atoms with Crippen molar-refractivity contribution >= 4 is 17.5 Å². The average Bonchev–Trinajstić information content (AvgIpc) is 3.04. The molecule has 1 aromatic heterocycles. The zero-order valence-electron chi connectivity index (χ0n) is 25.7. The number of benzene rings is 2. The summed E-state index contributed by atoms with van der Waals surface area (Å²) in [5, 5.41) is 0. The molecule has 2 atom stereocenters. The van der Waals surface area contributed by atoms with Crippen LogP contribution in [0.3, 0.4) is 0 Å². The summed E-state index contributed by atoms with van der Waals surface area (Å²) >= 11 is 0. The minimum absolute atomic E-state index is 0.0652. The Bertz CT molecular complexity index is 1310. The van der Waals surface area contributed by atoms with Gasteiger partial charge in [0, 0.05) is 30.9 Å². The van der Waals surface area contributed by atoms with Crippen LogP contribution in [0.25, 0.3) is 0 Å². The molecule has 0 bridgehead atoms. The minimum Gasteiger partial charge on any atom is -0.493 e. The van der Waals surface area contributed by atoms with Crippen LogP contribution in [0.15, 0.2) is 67.0 Å². The molecule has 1 amide bonds. The number of pyridine rings is 1. The van der Waals surface area contributed by atoms with Crippen LogP contribution in [0.1, 0.15) is 78.4 Å². The number of aryl methyl sites for hydroxylation is 3. The van der Waals surface area contributed by atoms with E-state index in [4.69, 9.17) is 9.47 Å². The molecule has 1 aliphatic heterocycles. The maximum absolute atomic E-state index is 13.8. The van der Waals surface area contributed by atoms with Gasteiger partial charge in [-0.15, -0.1) is 0 Å². The number of hydrogen-bond donors (Lipinski definition) is 0. The lowest BCUT2D eigenvalue weighted by Crippen LogP contribution is -2.50. The van der Waals surface area contributed by atoms with Crippen molar-refractivity contribution in [1.29, 1.82) is 0 Å². The number of Topliss-reactive ketones (excluding diaryl/α,β-unsaturated/α-hetero) is 2. The highest BCUT2D eigenvalue weighted by Crippen LogP contribution is 2.33. The van der Waals surface area contributed by atoms with Crippen molar-refractivity contribution in [2.24, 2.45) is 5.92 Å². The molecule has 228 valence electrons. The Balaban J connectivity index is 1.44. The topological polar surface area (TPSA) is 85.8 Å². The highest BCUT2D eigenvalue weighted by Gasteiger charge is 2.36. The van der Waals surface area contributed by atoms with E-state index < -0.39 is 17.7 Å². The molecule has 1 fully saturated rings. The standard InChI is InChI=1S/C36H44N2O5/c1-26-22-30(24-33(42-2)35(26)43-3)34(40)36(41)38-21-8-7-19-31(38)32(39)23-28(15-9-14-27-12-5-4-6-13-27)16-10-17-29-18-11-20-37-25-29/h4-6,11-13,18,20,22,24-25,28,31H,7-10,14-17,19,21,23H2,1-3H3. The van der Waals surface area contributed by atoms with Gasteiger partial charge in [0.15, 0.2) is 17.3 Å². The SMILES string of the molecule is COc1cc(C(=O)C(=O)N2CCCCC2C(=O)CC(CCCc2ccccc2)CCCc2cccnc2)cc(C)c1OC. The fraction of sp³-hybridized carbons (Fsp3) is 0.444. The maximum Gasteiger partial charge on any atom is 0.295 e. The predicted octanol–water partition coefficient (Wildman–Crippen LogP) is 6.59. The Morgan fingerprint density at radius 1 is 0.930 bits per heavy atom. The first-order valence-corrected chi connectivity index (χ1v) is 15.4. The molecule has 1 aliphatic rings. The lowest BCUT2D eigenvalue weighted by Gasteiger charge is -2.35. The van der Waals surface area contributed by atoms with E-state index in [0.717, 1.165) is 51.4 Å². The fourth-order valence-corrected chi connectivity index (χ4v) is 6.20. The zero-order chi connectivity index (χ0) is 30.6. The maximum atomic E-state index is 13.8. The number of ether oxygens (including phenoxy) is 2. The van der Waals surface area contributed by atoms with Gasteiger partial charge in [-0.2, -0.15) is 0 Å². The van der Waals surface area contributed by atoms with E-state index in [0.29, 0.717) is 36.4 Å². The Kier molecular flexibility index (Phi) is 11.9. The van der Waals surface area contributed by atoms with E-state index in [-0.39, 0.29) is 17.3 Å². The first-order valence-electron chi connectivity index (χ1n) is 15.4. The van der Waals surface area contributed by atoms with Gasteiger partial charge in [-0.05, 0) is 106 Å². The Hall–Kier alpha value is -4.00. The van der Waals surface area contributed by atoms with E-state index in [2.05, 4.69) is 35.3 Å². The van der Waals surface area contributed by atoms with E-state index in [9.17, 15) is 14.4 Å². The molecule has 0 radical (unpaired) electrons. The third kappa shape index (κ3) is 8.76. The van der Waals surface area contributed by atoms with E-state index >= 15 is 0 Å². The van der Waals surface area contributed by atoms with Crippen molar-refractivity contribution < 1.29 is 23.9 Å². The van der Waals surface area contributed by atoms with Gasteiger partial charge in [-0.25, -0.2) is 0 Å². The van der Waals surface area contributed by atoms with E-state index in [1.807, 2.05) is 25.3 Å². The summed E-state index contributed by atoms with van der Waals surface area (Å²) in [5.41, 5.74) is 3.45. The lowest BCUT2D eigenvalue weighted by molar-refractivity contribution is -0.138. The van der Waals surface area contributed by atoms with Crippen LogP contribution in [0.4, 0.5) is 0 Å². The third-order valence-electron chi connectivity index (χ3n) is 8.47. The van der Waals surface area contributed by atoms with Crippen LogP contribution in [-0.4, -0.2) is 54.2 Å². The zero-order valence-corrected chi connectivity index (χ0v) is 25.7. The quantitative estimate of drug-likeness (QED) is 0.148. The molecule has 0 N–H and O–H groups in total. The molecule has 4 rings (SSSR count). The fourth-order valence-electron chi connectivity index (χ4n) is 6.20. The first-order chi connectivity index (χ1) is 20.9. The number of nitrogens with zero attached hydrogens (tertiary/aromatic N) is 2. The molecule has 0 aliphatic carbocycles. The van der Waals surface area contributed by atoms with Crippen molar-refractivity contribution in [2.45, 2.75) is 77.2 Å². The number of hydrogen-bond acceptors (Lipinski definition) is 6. The molecule has 1 saturated heterocycles. The summed E-state index contributed by atoms with van der Waals surface area (Å²) in [7, 11) is 3.04. The lowest BCUT2D eigenvalue weighted by atomic mass is 9.86. The van der Waals surface area contributed by atoms with Gasteiger partial charge in [-0.1, -0.05) is 36.4 Å². The molecule has 0 saturated carbocycles. The Morgan fingerprint density at radius 3 is 2.33 bits per heavy atom. The summed E-state index contributed by atoms with van der Waals surface area (Å²) in [6.07, 6.45) is 12.1. The monoisotopic (exact) mass is 584 g/mol. The molecular weight excluding hydrogens is 540 g/mol. The van der Waals surface area contributed by atoms with Crippen molar-refractivity contribution in [3.05, 3.63) is 89.2 Å². The second-order valence-corrected chi connectivity index (χ2v) is 11.5. The van der Waals surface area contributed by atoms with Gasteiger partial charge in [0.2, 0.25) is 0 Å². The van der Waals surface area contributed by atoms with Crippen LogP contribution in [0, 0.1) is 12.8 Å². The number of methoxy groups -OCH3 is 2. The van der Waals surface area contributed by atoms with Gasteiger partial charge in [0.25, 0.3) is 11.7 Å². The van der Waals surface area contributed by atoms with Crippen LogP contribution < -0.4 is 9.47 Å². The number of likely N-dealkylation sites (tertiary alicyclic amines) is 1. The van der Waals surface area contributed by atoms with Gasteiger partial charge in [0.05, 0.1) is 20.3 Å². The van der Waals surface area contributed by atoms with Gasteiger partial charge in [-0.3, -0.25) is 19.4 Å². The van der Waals surface area contributed by atoms with E-state index in [1.54, 1.807) is 12.3 Å². The summed E-state index contributed by atoms with van der Waals surface area (Å²) in [5.74, 6) is -0.0400. The van der Waals surface area contributed by atoms with Gasteiger partial charge < -0.3 is 14.4 Å². The van der Waals surface area contributed by atoms with Crippen LogP contribution in [-0.2, 0) is 22.4 Å². The summed E-state index contributed by atoms with van der Waals surface area (Å²) in [6.45, 7) is 2.22. The second-order valence-electron chi connectivity index (χ2n) is 11.5. The average molecular weight is 585 g/mol. The highest BCUT2D eigenvalue weighted by atomic mass is 16.5. The first kappa shape index (κ1) is 31.9. The normalized spacial score (nSPS) is 15.5. The molecule has 2 heterocycles. The number of piperidine rings is 1. The smallest absolute Gasteiger partial charge is 0.295 e. The number of carbonyl (C=O) groups is 3. The van der Waals surface area contributed by atoms with Gasteiger partial charge in [0.1, 0.15) is 0 Å². The number of amides is 1. The Morgan fingerprint density at radius 2 is 1.65 bits per heavy atom. The molecule has 2 unspecified atom stereocenters. The van der Waals surface area contributed by atoms with Gasteiger partial charge >= 0.3 is 0 Å². The molecule has 2 aromatic carbocycles. The summed E-state index contributed by atoms with van der Waals surface area (Å²) < 4.78 is 10.8. The molecular formula is C36H44N2O5. The summed E-state index contributed by atoms with van der Waals surface area (Å²) in [6, 6.07) is 17.1. The number of carbonyl (C=O) groups excluding carboxylic acids is 3. The van der Waals surface area contributed by atoms with Crippen molar-refractivity contribution in [2.75, 3.05) is 20.8 Å². The number of ketones is 2. The third-order valence-corrected chi connectivity index (χ3v) is 8.47. The van der Waals surface area contributed by atoms with Crippen LogP contribution in [0.5, 0.6) is 11.5 Å². The number of aromatic nitrogens is 1. The summed E-state index contributed by atoms with van der Waals surface area (Å²) in [4.78, 5) is 46.6. The number of rotatable bonds is 15. The van der Waals surface area contributed by atoms with Crippen molar-refractivity contribution in [3.63, 3.8) is 0 Å². The van der Waals surface area contributed by atoms with Crippen LogP contribution >= 0.6 is 0 Å². The Labute approximate surface area is 255 Å². The highest BCUT2D eigenvalue weighted by molar-refractivity contribution is 6.43. The second kappa shape index (κ2) is 16.0. The molecule has 43 heavy (non-hydrogen) atoms. The molecule has 7 heteroatoms. The van der Waals surface area contributed by atoms with Crippen LogP contribution in [0.2, 0.25) is 0 Å².